The summed E-state index contributed by atoms with van der Waals surface area (Å²) in [6.07, 6.45) is 1.31. The van der Waals surface area contributed by atoms with Crippen molar-refractivity contribution in [3.63, 3.8) is 0 Å². The second-order valence-electron chi connectivity index (χ2n) is 5.68. The zero-order valence-electron chi connectivity index (χ0n) is 14.8. The molecule has 26 heavy (non-hydrogen) atoms. The van der Waals surface area contributed by atoms with Crippen LogP contribution in [0.5, 0.6) is 5.75 Å². The number of likely N-dealkylation sites (tertiary alicyclic amines) is 1. The molecule has 1 aliphatic heterocycles. The molecule has 1 aliphatic rings. The number of hydrogen-bond acceptors (Lipinski definition) is 4. The molecular formula is C17H26FIN4O3. The molecule has 0 atom stereocenters. The van der Waals surface area contributed by atoms with E-state index in [0.717, 1.165) is 12.8 Å². The molecule has 1 heterocycles. The number of carbonyl (C=O) groups excluding carboxylic acids is 1. The Morgan fingerprint density at radius 2 is 2.15 bits per heavy atom. The highest BCUT2D eigenvalue weighted by Gasteiger charge is 2.23. The van der Waals surface area contributed by atoms with E-state index in [1.165, 1.54) is 12.1 Å². The van der Waals surface area contributed by atoms with Gasteiger partial charge in [0.25, 0.3) is 0 Å². The first kappa shape index (κ1) is 22.3. The van der Waals surface area contributed by atoms with Gasteiger partial charge in [-0.3, -0.25) is 0 Å². The van der Waals surface area contributed by atoms with Crippen LogP contribution in [0.2, 0.25) is 0 Å². The number of ether oxygens (including phenoxy) is 2. The molecular weight excluding hydrogens is 454 g/mol. The number of halogens is 2. The normalized spacial score (nSPS) is 15.2. The van der Waals surface area contributed by atoms with Gasteiger partial charge in [0.05, 0.1) is 13.2 Å². The van der Waals surface area contributed by atoms with Gasteiger partial charge in [0.15, 0.2) is 5.96 Å². The fourth-order valence-electron chi connectivity index (χ4n) is 2.56. The van der Waals surface area contributed by atoms with Gasteiger partial charge in [-0.1, -0.05) is 6.07 Å². The van der Waals surface area contributed by atoms with Crippen LogP contribution >= 0.6 is 24.0 Å². The minimum Gasteiger partial charge on any atom is -0.492 e. The number of piperidine rings is 1. The van der Waals surface area contributed by atoms with Crippen LogP contribution in [0.15, 0.2) is 29.3 Å². The zero-order valence-corrected chi connectivity index (χ0v) is 17.1. The fourth-order valence-corrected chi connectivity index (χ4v) is 2.56. The molecule has 1 fully saturated rings. The van der Waals surface area contributed by atoms with Gasteiger partial charge in [0.1, 0.15) is 18.2 Å². The Morgan fingerprint density at radius 3 is 2.81 bits per heavy atom. The van der Waals surface area contributed by atoms with Gasteiger partial charge in [-0.2, -0.15) is 0 Å². The van der Waals surface area contributed by atoms with Gasteiger partial charge in [-0.25, -0.2) is 14.2 Å². The molecule has 1 aromatic carbocycles. The van der Waals surface area contributed by atoms with Crippen LogP contribution in [0.25, 0.3) is 0 Å². The number of nitrogens with two attached hydrogens (primary N) is 1. The highest BCUT2D eigenvalue weighted by atomic mass is 127. The maximum atomic E-state index is 13.0. The first-order valence-electron chi connectivity index (χ1n) is 8.45. The number of nitrogens with one attached hydrogen (secondary N) is 1. The summed E-state index contributed by atoms with van der Waals surface area (Å²) in [4.78, 5) is 17.5. The first-order valence-corrected chi connectivity index (χ1v) is 8.45. The Morgan fingerprint density at radius 1 is 1.42 bits per heavy atom. The molecule has 0 aliphatic carbocycles. The smallest absolute Gasteiger partial charge is 0.409 e. The van der Waals surface area contributed by atoms with Gasteiger partial charge in [0.2, 0.25) is 0 Å². The van der Waals surface area contributed by atoms with E-state index in [-0.39, 0.29) is 41.9 Å². The van der Waals surface area contributed by atoms with E-state index in [4.69, 9.17) is 15.2 Å². The number of guanidine groups is 1. The average Bonchev–Trinajstić information content (AvgIpc) is 2.60. The van der Waals surface area contributed by atoms with E-state index in [1.807, 2.05) is 0 Å². The Hall–Kier alpha value is -1.78. The van der Waals surface area contributed by atoms with Crippen molar-refractivity contribution in [1.82, 2.24) is 10.2 Å². The second-order valence-corrected chi connectivity index (χ2v) is 5.68. The lowest BCUT2D eigenvalue weighted by Crippen LogP contribution is -2.48. The monoisotopic (exact) mass is 480 g/mol. The minimum atomic E-state index is -0.337. The lowest BCUT2D eigenvalue weighted by Gasteiger charge is -2.31. The molecule has 1 amide bonds. The summed E-state index contributed by atoms with van der Waals surface area (Å²) in [6, 6.07) is 6.14. The summed E-state index contributed by atoms with van der Waals surface area (Å²) < 4.78 is 23.4. The van der Waals surface area contributed by atoms with Crippen LogP contribution in [0.4, 0.5) is 9.18 Å². The number of amides is 1. The molecule has 0 bridgehead atoms. The van der Waals surface area contributed by atoms with Gasteiger partial charge in [-0.15, -0.1) is 24.0 Å². The van der Waals surface area contributed by atoms with Gasteiger partial charge < -0.3 is 25.4 Å². The topological polar surface area (TPSA) is 89.2 Å². The van der Waals surface area contributed by atoms with Gasteiger partial charge >= 0.3 is 6.09 Å². The average molecular weight is 480 g/mol. The third kappa shape index (κ3) is 7.63. The molecule has 7 nitrogen and oxygen atoms in total. The first-order chi connectivity index (χ1) is 12.1. The predicted molar refractivity (Wildman–Crippen MR) is 109 cm³/mol. The van der Waals surface area contributed by atoms with Crippen molar-refractivity contribution in [1.29, 1.82) is 0 Å². The minimum absolute atomic E-state index is 0. The van der Waals surface area contributed by atoms with E-state index in [2.05, 4.69) is 10.3 Å². The second kappa shape index (κ2) is 11.8. The summed E-state index contributed by atoms with van der Waals surface area (Å²) in [5.74, 6) is 0.474. The quantitative estimate of drug-likeness (QED) is 0.283. The maximum Gasteiger partial charge on any atom is 0.409 e. The molecule has 0 radical (unpaired) electrons. The molecule has 0 aromatic heterocycles. The molecule has 0 saturated carbocycles. The van der Waals surface area contributed by atoms with Crippen LogP contribution in [0.1, 0.15) is 19.8 Å². The summed E-state index contributed by atoms with van der Waals surface area (Å²) in [6.45, 7) is 4.12. The Balaban J connectivity index is 0.00000338. The molecule has 1 aromatic rings. The SMILES string of the molecule is CCOC(=O)N1CCC(NC(N)=NCCOc2cccc(F)c2)CC1.I. The summed E-state index contributed by atoms with van der Waals surface area (Å²) in [5, 5.41) is 3.15. The van der Waals surface area contributed by atoms with Crippen LogP contribution in [0, 0.1) is 5.82 Å². The Labute approximate surface area is 170 Å². The summed E-state index contributed by atoms with van der Waals surface area (Å²) in [5.41, 5.74) is 5.87. The number of carbonyl (C=O) groups is 1. The van der Waals surface area contributed by atoms with E-state index >= 15 is 0 Å². The van der Waals surface area contributed by atoms with E-state index < -0.39 is 0 Å². The van der Waals surface area contributed by atoms with Crippen molar-refractivity contribution in [2.75, 3.05) is 32.8 Å². The predicted octanol–water partition coefficient (Wildman–Crippen LogP) is 2.35. The van der Waals surface area contributed by atoms with Crippen molar-refractivity contribution in [2.45, 2.75) is 25.8 Å². The van der Waals surface area contributed by atoms with Crippen LogP contribution in [-0.4, -0.2) is 55.8 Å². The number of hydrogen-bond donors (Lipinski definition) is 2. The summed E-state index contributed by atoms with van der Waals surface area (Å²) in [7, 11) is 0. The van der Waals surface area contributed by atoms with Crippen molar-refractivity contribution >= 4 is 36.0 Å². The van der Waals surface area contributed by atoms with Crippen molar-refractivity contribution in [3.8, 4) is 5.75 Å². The number of nitrogens with zero attached hydrogens (tertiary/aromatic N) is 2. The fraction of sp³-hybridized carbons (Fsp3) is 0.529. The highest BCUT2D eigenvalue weighted by molar-refractivity contribution is 14.0. The third-order valence-corrected chi connectivity index (χ3v) is 3.81. The lowest BCUT2D eigenvalue weighted by molar-refractivity contribution is 0.0963. The van der Waals surface area contributed by atoms with Crippen molar-refractivity contribution < 1.29 is 18.7 Å². The molecule has 2 rings (SSSR count). The summed E-state index contributed by atoms with van der Waals surface area (Å²) >= 11 is 0. The molecule has 1 saturated heterocycles. The number of aliphatic imine (C=N–C) groups is 1. The molecule has 0 unspecified atom stereocenters. The Kier molecular flexibility index (Phi) is 10.1. The van der Waals surface area contributed by atoms with E-state index in [1.54, 1.807) is 24.0 Å². The van der Waals surface area contributed by atoms with Crippen LogP contribution < -0.4 is 15.8 Å². The lowest BCUT2D eigenvalue weighted by atomic mass is 10.1. The zero-order chi connectivity index (χ0) is 18.1. The number of rotatable bonds is 6. The highest BCUT2D eigenvalue weighted by Crippen LogP contribution is 2.12. The molecule has 146 valence electrons. The van der Waals surface area contributed by atoms with E-state index in [0.29, 0.717) is 44.6 Å². The standard InChI is InChI=1S/C17H25FN4O3.HI/c1-2-24-17(23)22-9-6-14(7-10-22)21-16(19)20-8-11-25-15-5-3-4-13(18)12-15;/h3-5,12,14H,2,6-11H2,1H3,(H3,19,20,21);1H. The van der Waals surface area contributed by atoms with Crippen LogP contribution in [0.3, 0.4) is 0 Å². The third-order valence-electron chi connectivity index (χ3n) is 3.81. The Bertz CT molecular complexity index is 595. The number of benzene rings is 1. The van der Waals surface area contributed by atoms with Crippen molar-refractivity contribution in [2.24, 2.45) is 10.7 Å². The molecule has 0 spiro atoms. The van der Waals surface area contributed by atoms with Gasteiger partial charge in [0, 0.05) is 25.2 Å². The molecule has 9 heteroatoms. The van der Waals surface area contributed by atoms with Gasteiger partial charge in [-0.05, 0) is 31.9 Å². The van der Waals surface area contributed by atoms with Crippen LogP contribution in [-0.2, 0) is 4.74 Å². The maximum absolute atomic E-state index is 13.0. The van der Waals surface area contributed by atoms with Crippen molar-refractivity contribution in [3.05, 3.63) is 30.1 Å². The largest absolute Gasteiger partial charge is 0.492 e. The van der Waals surface area contributed by atoms with E-state index in [9.17, 15) is 9.18 Å². The molecule has 3 N–H and O–H groups in total.